The van der Waals surface area contributed by atoms with Gasteiger partial charge < -0.3 is 14.2 Å². The molecular weight excluding hydrogens is 775 g/mol. The molecule has 0 atom stereocenters. The third-order valence-corrected chi connectivity index (χ3v) is 13.7. The number of benzene rings is 8. The lowest BCUT2D eigenvalue weighted by atomic mass is 9.33. The van der Waals surface area contributed by atoms with Crippen molar-refractivity contribution in [2.24, 2.45) is 0 Å². The molecule has 0 unspecified atom stereocenters. The summed E-state index contributed by atoms with van der Waals surface area (Å²) in [4.78, 5) is 5.10. The largest absolute Gasteiger partial charge is 0.456 e. The fraction of sp³-hybridized carbons (Fsp3) is 0.200. The number of anilines is 6. The Labute approximate surface area is 379 Å². The van der Waals surface area contributed by atoms with Gasteiger partial charge in [-0.15, -0.1) is 0 Å². The summed E-state index contributed by atoms with van der Waals surface area (Å²) in [6.07, 6.45) is 0. The van der Waals surface area contributed by atoms with Gasteiger partial charge in [0.05, 0.1) is 0 Å². The van der Waals surface area contributed by atoms with Crippen LogP contribution in [0, 0.1) is 0 Å². The second-order valence-electron chi connectivity index (χ2n) is 21.1. The van der Waals surface area contributed by atoms with Crippen LogP contribution in [0.3, 0.4) is 0 Å². The highest BCUT2D eigenvalue weighted by Gasteiger charge is 2.44. The maximum Gasteiger partial charge on any atom is 0.252 e. The predicted molar refractivity (Wildman–Crippen MR) is 275 cm³/mol. The van der Waals surface area contributed by atoms with Gasteiger partial charge in [-0.2, -0.15) is 0 Å². The average molecular weight is 831 g/mol. The van der Waals surface area contributed by atoms with E-state index in [1.807, 2.05) is 12.1 Å². The predicted octanol–water partition coefficient (Wildman–Crippen LogP) is 14.9. The molecule has 0 spiro atoms. The molecule has 2 aliphatic heterocycles. The summed E-state index contributed by atoms with van der Waals surface area (Å²) in [7, 11) is 0. The number of hydrogen-bond acceptors (Lipinski definition) is 3. The Balaban J connectivity index is 1.17. The van der Waals surface area contributed by atoms with E-state index in [0.29, 0.717) is 0 Å². The average Bonchev–Trinajstić information content (AvgIpc) is 3.66. The number of fused-ring (bicyclic) bond motifs is 7. The van der Waals surface area contributed by atoms with Gasteiger partial charge in [0.25, 0.3) is 6.71 Å². The van der Waals surface area contributed by atoms with Crippen molar-refractivity contribution in [2.45, 2.75) is 78.6 Å². The van der Waals surface area contributed by atoms with E-state index in [2.05, 4.69) is 230 Å². The molecule has 1 aromatic heterocycles. The Morgan fingerprint density at radius 2 is 0.891 bits per heavy atom. The van der Waals surface area contributed by atoms with Gasteiger partial charge in [0.2, 0.25) is 0 Å². The summed E-state index contributed by atoms with van der Waals surface area (Å²) in [6.45, 7) is 20.9. The fourth-order valence-corrected chi connectivity index (χ4v) is 10.1. The monoisotopic (exact) mass is 830 g/mol. The quantitative estimate of drug-likeness (QED) is 0.165. The van der Waals surface area contributed by atoms with E-state index in [9.17, 15) is 0 Å². The van der Waals surface area contributed by atoms with Crippen molar-refractivity contribution in [1.29, 1.82) is 0 Å². The summed E-state index contributed by atoms with van der Waals surface area (Å²) >= 11 is 0. The van der Waals surface area contributed by atoms with Gasteiger partial charge in [-0.25, -0.2) is 0 Å². The molecule has 3 heterocycles. The molecule has 0 saturated carbocycles. The van der Waals surface area contributed by atoms with Crippen LogP contribution in [-0.2, 0) is 16.2 Å². The summed E-state index contributed by atoms with van der Waals surface area (Å²) in [6, 6.07) is 63.8. The molecule has 0 fully saturated rings. The third-order valence-electron chi connectivity index (χ3n) is 13.7. The number of hydrogen-bond donors (Lipinski definition) is 0. The van der Waals surface area contributed by atoms with Gasteiger partial charge in [-0.3, -0.25) is 0 Å². The Morgan fingerprint density at radius 3 is 1.56 bits per heavy atom. The third kappa shape index (κ3) is 6.57. The van der Waals surface area contributed by atoms with Crippen LogP contribution in [0.25, 0.3) is 44.2 Å². The molecule has 8 aromatic carbocycles. The van der Waals surface area contributed by atoms with Crippen LogP contribution in [0.2, 0.25) is 0 Å². The van der Waals surface area contributed by atoms with E-state index in [0.717, 1.165) is 33.3 Å². The maximum absolute atomic E-state index is 6.20. The minimum Gasteiger partial charge on any atom is -0.456 e. The van der Waals surface area contributed by atoms with Crippen LogP contribution in [0.1, 0.15) is 79.0 Å². The lowest BCUT2D eigenvalue weighted by Crippen LogP contribution is -2.61. The Morgan fingerprint density at radius 1 is 0.359 bits per heavy atom. The molecule has 0 saturated heterocycles. The van der Waals surface area contributed by atoms with E-state index in [4.69, 9.17) is 4.42 Å². The van der Waals surface area contributed by atoms with E-state index in [1.54, 1.807) is 0 Å². The van der Waals surface area contributed by atoms with Crippen LogP contribution in [-0.4, -0.2) is 6.71 Å². The summed E-state index contributed by atoms with van der Waals surface area (Å²) in [5.41, 5.74) is 21.7. The topological polar surface area (TPSA) is 19.6 Å². The van der Waals surface area contributed by atoms with Crippen molar-refractivity contribution in [2.75, 3.05) is 9.80 Å². The van der Waals surface area contributed by atoms with Crippen LogP contribution >= 0.6 is 0 Å². The van der Waals surface area contributed by atoms with Crippen LogP contribution in [0.4, 0.5) is 34.1 Å². The van der Waals surface area contributed by atoms with Gasteiger partial charge in [-0.1, -0.05) is 165 Å². The van der Waals surface area contributed by atoms with Crippen molar-refractivity contribution in [3.8, 4) is 22.3 Å². The number of rotatable bonds is 4. The van der Waals surface area contributed by atoms with Gasteiger partial charge in [0.15, 0.2) is 0 Å². The summed E-state index contributed by atoms with van der Waals surface area (Å²) in [5, 5.41) is 2.28. The van der Waals surface area contributed by atoms with E-state index in [1.165, 1.54) is 78.1 Å². The first-order chi connectivity index (χ1) is 30.6. The molecule has 0 bridgehead atoms. The Hall–Kier alpha value is -6.78. The zero-order valence-corrected chi connectivity index (χ0v) is 38.5. The van der Waals surface area contributed by atoms with Gasteiger partial charge in [0.1, 0.15) is 11.2 Å². The van der Waals surface area contributed by atoms with Crippen molar-refractivity contribution in [3.63, 3.8) is 0 Å². The van der Waals surface area contributed by atoms with E-state index >= 15 is 0 Å². The van der Waals surface area contributed by atoms with Crippen LogP contribution in [0.5, 0.6) is 0 Å². The normalized spacial score (nSPS) is 13.6. The molecule has 0 radical (unpaired) electrons. The summed E-state index contributed by atoms with van der Waals surface area (Å²) < 4.78 is 6.20. The smallest absolute Gasteiger partial charge is 0.252 e. The zero-order chi connectivity index (χ0) is 44.3. The molecule has 314 valence electrons. The van der Waals surface area contributed by atoms with Crippen molar-refractivity contribution in [3.05, 3.63) is 187 Å². The summed E-state index contributed by atoms with van der Waals surface area (Å²) in [5.74, 6) is 0. The van der Waals surface area contributed by atoms with Crippen molar-refractivity contribution in [1.82, 2.24) is 0 Å². The number of nitrogens with zero attached hydrogens (tertiary/aromatic N) is 2. The molecule has 0 N–H and O–H groups in total. The second kappa shape index (κ2) is 14.4. The lowest BCUT2D eigenvalue weighted by Gasteiger charge is -2.45. The first-order valence-electron chi connectivity index (χ1n) is 22.9. The fourth-order valence-electron chi connectivity index (χ4n) is 10.1. The Bertz CT molecular complexity index is 3270. The zero-order valence-electron chi connectivity index (χ0n) is 38.5. The Kier molecular flexibility index (Phi) is 8.99. The van der Waals surface area contributed by atoms with Gasteiger partial charge >= 0.3 is 0 Å². The van der Waals surface area contributed by atoms with Crippen LogP contribution < -0.4 is 26.2 Å². The second-order valence-corrected chi connectivity index (χ2v) is 21.1. The molecule has 0 aliphatic carbocycles. The lowest BCUT2D eigenvalue weighted by molar-refractivity contribution is 0.590. The van der Waals surface area contributed by atoms with Gasteiger partial charge in [0, 0.05) is 44.9 Å². The van der Waals surface area contributed by atoms with E-state index in [-0.39, 0.29) is 23.0 Å². The van der Waals surface area contributed by atoms with Crippen molar-refractivity contribution >= 4 is 79.2 Å². The molecule has 2 aliphatic rings. The molecule has 0 amide bonds. The highest BCUT2D eigenvalue weighted by Crippen LogP contribution is 2.48. The molecule has 4 heteroatoms. The molecule has 9 aromatic rings. The number of furan rings is 1. The van der Waals surface area contributed by atoms with E-state index < -0.39 is 0 Å². The molecule has 11 rings (SSSR count). The molecule has 64 heavy (non-hydrogen) atoms. The molecular formula is C60H55BN2O. The van der Waals surface area contributed by atoms with Gasteiger partial charge in [-0.05, 0) is 138 Å². The SMILES string of the molecule is CC(C)(C)c1ccc(N2c3ccc(C(C)(C)C)cc3B3c4ccc(C(C)(C)C)cc4N(c4ccc(-c5ccc6oc7ccccc7c6c5)cc4)c4cc(-c5ccccc5)cc2c43)cc1. The molecule has 3 nitrogen and oxygen atoms in total. The number of para-hydroxylation sites is 1. The first-order valence-corrected chi connectivity index (χ1v) is 22.9. The minimum absolute atomic E-state index is 0.0215. The first kappa shape index (κ1) is 40.0. The standard InChI is InChI=1S/C60H55BN2O/c1-58(2,3)42-22-28-46(29-23-42)62-51-31-25-43(59(4,5)6)36-50(51)61-49-30-24-44(60(7,8)9)37-52(49)63(54-35-41(34-53(62)57(54)61)38-15-11-10-12-16-38)45-26-19-39(20-27-45)40-21-32-56-48(33-40)47-17-13-14-18-55(47)64-56/h10-37H,1-9H3. The minimum atomic E-state index is -0.0440. The van der Waals surface area contributed by atoms with Crippen molar-refractivity contribution < 1.29 is 4.42 Å². The highest BCUT2D eigenvalue weighted by molar-refractivity contribution is 7.00. The van der Waals surface area contributed by atoms with Crippen LogP contribution in [0.15, 0.2) is 174 Å². The maximum atomic E-state index is 6.20. The highest BCUT2D eigenvalue weighted by atomic mass is 16.3.